The number of halogens is 2. The molecule has 6 heteroatoms. The number of likely N-dealkylation sites (tertiary alicyclic amines) is 1. The minimum Gasteiger partial charge on any atom is -0.393 e. The molecule has 1 unspecified atom stereocenters. The zero-order valence-electron chi connectivity index (χ0n) is 12.0. The van der Waals surface area contributed by atoms with Gasteiger partial charge in [-0.25, -0.2) is 4.79 Å². The van der Waals surface area contributed by atoms with Gasteiger partial charge in [0.05, 0.1) is 6.10 Å². The SMILES string of the molecule is CC(O)C1CCN(C(=O)NCc2ccc(Cl)cc2Cl)CC1. The lowest BCUT2D eigenvalue weighted by Gasteiger charge is -2.33. The van der Waals surface area contributed by atoms with Gasteiger partial charge in [-0.05, 0) is 43.4 Å². The Morgan fingerprint density at radius 3 is 2.67 bits per heavy atom. The Kier molecular flexibility index (Phi) is 5.73. The normalized spacial score (nSPS) is 17.6. The van der Waals surface area contributed by atoms with Crippen LogP contribution in [0, 0.1) is 5.92 Å². The molecule has 116 valence electrons. The zero-order valence-corrected chi connectivity index (χ0v) is 13.5. The number of piperidine rings is 1. The van der Waals surface area contributed by atoms with Gasteiger partial charge in [0.2, 0.25) is 0 Å². The molecule has 1 aliphatic rings. The first-order valence-electron chi connectivity index (χ1n) is 7.12. The highest BCUT2D eigenvalue weighted by molar-refractivity contribution is 6.35. The summed E-state index contributed by atoms with van der Waals surface area (Å²) in [5, 5.41) is 13.6. The van der Waals surface area contributed by atoms with Crippen LogP contribution in [0.1, 0.15) is 25.3 Å². The van der Waals surface area contributed by atoms with Gasteiger partial charge in [-0.1, -0.05) is 29.3 Å². The van der Waals surface area contributed by atoms with E-state index >= 15 is 0 Å². The van der Waals surface area contributed by atoms with Gasteiger partial charge in [0.15, 0.2) is 0 Å². The Labute approximate surface area is 135 Å². The molecule has 0 radical (unpaired) electrons. The predicted molar refractivity (Wildman–Crippen MR) is 84.7 cm³/mol. The van der Waals surface area contributed by atoms with Gasteiger partial charge >= 0.3 is 6.03 Å². The topological polar surface area (TPSA) is 52.6 Å². The van der Waals surface area contributed by atoms with Crippen LogP contribution < -0.4 is 5.32 Å². The first kappa shape index (κ1) is 16.4. The van der Waals surface area contributed by atoms with E-state index < -0.39 is 0 Å². The molecule has 1 atom stereocenters. The lowest BCUT2D eigenvalue weighted by Crippen LogP contribution is -2.45. The van der Waals surface area contributed by atoms with E-state index in [9.17, 15) is 9.90 Å². The Bertz CT molecular complexity index is 500. The van der Waals surface area contributed by atoms with E-state index in [0.29, 0.717) is 35.6 Å². The molecule has 2 amide bonds. The summed E-state index contributed by atoms with van der Waals surface area (Å²) in [4.78, 5) is 13.9. The fraction of sp³-hybridized carbons (Fsp3) is 0.533. The highest BCUT2D eigenvalue weighted by Crippen LogP contribution is 2.22. The number of rotatable bonds is 3. The van der Waals surface area contributed by atoms with E-state index in [1.807, 2.05) is 13.0 Å². The predicted octanol–water partition coefficient (Wildman–Crippen LogP) is 3.30. The maximum atomic E-state index is 12.1. The molecule has 1 aromatic rings. The highest BCUT2D eigenvalue weighted by atomic mass is 35.5. The standard InChI is InChI=1S/C15H20Cl2N2O2/c1-10(20)11-4-6-19(7-5-11)15(21)18-9-12-2-3-13(16)8-14(12)17/h2-3,8,10-11,20H,4-7,9H2,1H3,(H,18,21). The average Bonchev–Trinajstić information content (AvgIpc) is 2.46. The van der Waals surface area contributed by atoms with Crippen molar-refractivity contribution in [1.82, 2.24) is 10.2 Å². The monoisotopic (exact) mass is 330 g/mol. The maximum Gasteiger partial charge on any atom is 0.317 e. The largest absolute Gasteiger partial charge is 0.393 e. The molecule has 2 rings (SSSR count). The van der Waals surface area contributed by atoms with E-state index in [0.717, 1.165) is 18.4 Å². The minimum absolute atomic E-state index is 0.0925. The molecule has 2 N–H and O–H groups in total. The van der Waals surface area contributed by atoms with E-state index in [2.05, 4.69) is 5.32 Å². The number of aliphatic hydroxyl groups is 1. The number of nitrogens with zero attached hydrogens (tertiary/aromatic N) is 1. The summed E-state index contributed by atoms with van der Waals surface area (Å²) in [6.45, 7) is 3.54. The smallest absolute Gasteiger partial charge is 0.317 e. The van der Waals surface area contributed by atoms with Crippen molar-refractivity contribution < 1.29 is 9.90 Å². The number of carbonyl (C=O) groups is 1. The van der Waals surface area contributed by atoms with Crippen molar-refractivity contribution in [2.45, 2.75) is 32.4 Å². The highest BCUT2D eigenvalue weighted by Gasteiger charge is 2.25. The maximum absolute atomic E-state index is 12.1. The lowest BCUT2D eigenvalue weighted by atomic mass is 9.92. The molecule has 0 spiro atoms. The second-order valence-corrected chi connectivity index (χ2v) is 6.30. The quantitative estimate of drug-likeness (QED) is 0.893. The number of aliphatic hydroxyl groups excluding tert-OH is 1. The molecule has 1 aromatic carbocycles. The Balaban J connectivity index is 1.82. The number of amides is 2. The third kappa shape index (κ3) is 4.50. The van der Waals surface area contributed by atoms with Gasteiger partial charge in [0.25, 0.3) is 0 Å². The van der Waals surface area contributed by atoms with Gasteiger partial charge < -0.3 is 15.3 Å². The zero-order chi connectivity index (χ0) is 15.4. The molecule has 0 saturated carbocycles. The van der Waals surface area contributed by atoms with E-state index in [4.69, 9.17) is 23.2 Å². The number of urea groups is 1. The van der Waals surface area contributed by atoms with Crippen molar-refractivity contribution in [3.8, 4) is 0 Å². The molecule has 1 aliphatic heterocycles. The first-order valence-corrected chi connectivity index (χ1v) is 7.87. The van der Waals surface area contributed by atoms with Crippen molar-refractivity contribution in [3.63, 3.8) is 0 Å². The summed E-state index contributed by atoms with van der Waals surface area (Å²) in [6, 6.07) is 5.14. The van der Waals surface area contributed by atoms with Crippen LogP contribution >= 0.6 is 23.2 Å². The van der Waals surface area contributed by atoms with Gasteiger partial charge in [-0.3, -0.25) is 0 Å². The minimum atomic E-state index is -0.303. The summed E-state index contributed by atoms with van der Waals surface area (Å²) >= 11 is 11.9. The summed E-state index contributed by atoms with van der Waals surface area (Å²) in [5.74, 6) is 0.291. The molecule has 21 heavy (non-hydrogen) atoms. The van der Waals surface area contributed by atoms with Crippen LogP contribution in [0.5, 0.6) is 0 Å². The molecule has 0 aliphatic carbocycles. The Morgan fingerprint density at radius 2 is 2.10 bits per heavy atom. The molecule has 1 heterocycles. The van der Waals surface area contributed by atoms with E-state index in [1.54, 1.807) is 17.0 Å². The number of hydrogen-bond donors (Lipinski definition) is 2. The molecule has 0 aromatic heterocycles. The van der Waals surface area contributed by atoms with E-state index in [1.165, 1.54) is 0 Å². The number of carbonyl (C=O) groups excluding carboxylic acids is 1. The van der Waals surface area contributed by atoms with Gasteiger partial charge in [-0.2, -0.15) is 0 Å². The Morgan fingerprint density at radius 1 is 1.43 bits per heavy atom. The van der Waals surface area contributed by atoms with Crippen LogP contribution in [-0.2, 0) is 6.54 Å². The van der Waals surface area contributed by atoms with Gasteiger partial charge in [0.1, 0.15) is 0 Å². The molecule has 4 nitrogen and oxygen atoms in total. The van der Waals surface area contributed by atoms with Gasteiger partial charge in [-0.15, -0.1) is 0 Å². The number of hydrogen-bond acceptors (Lipinski definition) is 2. The third-order valence-corrected chi connectivity index (χ3v) is 4.54. The average molecular weight is 331 g/mol. The summed E-state index contributed by atoms with van der Waals surface area (Å²) in [5.41, 5.74) is 0.841. The molecule has 1 fully saturated rings. The fourth-order valence-electron chi connectivity index (χ4n) is 2.53. The van der Waals surface area contributed by atoms with Crippen molar-refractivity contribution in [3.05, 3.63) is 33.8 Å². The third-order valence-electron chi connectivity index (χ3n) is 3.95. The summed E-state index contributed by atoms with van der Waals surface area (Å²) < 4.78 is 0. The number of benzene rings is 1. The van der Waals surface area contributed by atoms with Crippen LogP contribution in [-0.4, -0.2) is 35.2 Å². The van der Waals surface area contributed by atoms with Crippen molar-refractivity contribution in [1.29, 1.82) is 0 Å². The second-order valence-electron chi connectivity index (χ2n) is 5.46. The van der Waals surface area contributed by atoms with Crippen LogP contribution in [0.4, 0.5) is 4.79 Å². The van der Waals surface area contributed by atoms with Crippen LogP contribution in [0.3, 0.4) is 0 Å². The first-order chi connectivity index (χ1) is 9.97. The van der Waals surface area contributed by atoms with Crippen molar-refractivity contribution in [2.75, 3.05) is 13.1 Å². The second kappa shape index (κ2) is 7.34. The Hall–Kier alpha value is -0.970. The van der Waals surface area contributed by atoms with Crippen LogP contribution in [0.2, 0.25) is 10.0 Å². The van der Waals surface area contributed by atoms with Crippen LogP contribution in [0.15, 0.2) is 18.2 Å². The molecule has 1 saturated heterocycles. The van der Waals surface area contributed by atoms with Gasteiger partial charge in [0, 0.05) is 29.7 Å². The van der Waals surface area contributed by atoms with Crippen LogP contribution in [0.25, 0.3) is 0 Å². The molecular formula is C15H20Cl2N2O2. The summed E-state index contributed by atoms with van der Waals surface area (Å²) in [7, 11) is 0. The van der Waals surface area contributed by atoms with Crippen molar-refractivity contribution >= 4 is 29.2 Å². The lowest BCUT2D eigenvalue weighted by molar-refractivity contribution is 0.0798. The van der Waals surface area contributed by atoms with Crippen molar-refractivity contribution in [2.24, 2.45) is 5.92 Å². The fourth-order valence-corrected chi connectivity index (χ4v) is 3.01. The number of nitrogens with one attached hydrogen (secondary N) is 1. The summed E-state index contributed by atoms with van der Waals surface area (Å²) in [6.07, 6.45) is 1.38. The molecular weight excluding hydrogens is 311 g/mol. The molecule has 0 bridgehead atoms. The van der Waals surface area contributed by atoms with E-state index in [-0.39, 0.29) is 12.1 Å².